The smallest absolute Gasteiger partial charge is 0.351 e. The summed E-state index contributed by atoms with van der Waals surface area (Å²) in [6, 6.07) is 3.42. The van der Waals surface area contributed by atoms with Crippen LogP contribution in [0.25, 0.3) is 23.0 Å². The number of aliphatic hydroxyl groups excluding tert-OH is 1. The summed E-state index contributed by atoms with van der Waals surface area (Å²) in [4.78, 5) is 43.8. The maximum atomic E-state index is 13.1. The Bertz CT molecular complexity index is 1390. The van der Waals surface area contributed by atoms with Crippen LogP contribution >= 0.6 is 0 Å². The average molecular weight is 437 g/mol. The van der Waals surface area contributed by atoms with Gasteiger partial charge in [-0.3, -0.25) is 4.79 Å². The molecule has 0 bridgehead atoms. The molecule has 1 unspecified atom stereocenters. The van der Waals surface area contributed by atoms with Gasteiger partial charge < -0.3 is 24.4 Å². The van der Waals surface area contributed by atoms with Crippen LogP contribution in [0.1, 0.15) is 47.4 Å². The zero-order chi connectivity index (χ0) is 22.9. The molecule has 2 aliphatic heterocycles. The number of rotatable bonds is 3. The van der Waals surface area contributed by atoms with Crippen molar-refractivity contribution in [3.8, 4) is 11.4 Å². The summed E-state index contributed by atoms with van der Waals surface area (Å²) in [5, 5.41) is 23.0. The predicted octanol–water partition coefficient (Wildman–Crippen LogP) is -0.960. The molecule has 9 heteroatoms. The molecule has 3 aliphatic rings. The SMILES string of the molecule is CCC1(O)CC=c2nc3c(cc2=C1CN(C)C)Cn1c-3cc2c(c1=O)C(=O)OC(=O)[C@H]2O. The molecule has 2 atom stereocenters. The van der Waals surface area contributed by atoms with E-state index in [-0.39, 0.29) is 17.7 Å². The van der Waals surface area contributed by atoms with E-state index in [0.717, 1.165) is 16.4 Å². The first-order chi connectivity index (χ1) is 15.1. The lowest BCUT2D eigenvalue weighted by molar-refractivity contribution is -0.149. The van der Waals surface area contributed by atoms with Crippen LogP contribution in [-0.2, 0) is 16.1 Å². The monoisotopic (exact) mass is 437 g/mol. The highest BCUT2D eigenvalue weighted by atomic mass is 16.6. The molecule has 1 aliphatic carbocycles. The Hall–Kier alpha value is -3.14. The zero-order valence-electron chi connectivity index (χ0n) is 18.0. The molecule has 2 aromatic heterocycles. The Morgan fingerprint density at radius 1 is 1.28 bits per heavy atom. The second-order valence-corrected chi connectivity index (χ2v) is 8.80. The van der Waals surface area contributed by atoms with Crippen LogP contribution in [0.15, 0.2) is 16.9 Å². The Balaban J connectivity index is 1.77. The molecule has 0 saturated heterocycles. The van der Waals surface area contributed by atoms with Crippen LogP contribution in [0.4, 0.5) is 0 Å². The lowest BCUT2D eigenvalue weighted by atomic mass is 9.82. The summed E-state index contributed by atoms with van der Waals surface area (Å²) in [7, 11) is 3.88. The van der Waals surface area contributed by atoms with E-state index in [1.165, 1.54) is 10.6 Å². The molecule has 0 spiro atoms. The first-order valence-electron chi connectivity index (χ1n) is 10.5. The fraction of sp³-hybridized carbons (Fsp3) is 0.391. The van der Waals surface area contributed by atoms with Gasteiger partial charge in [-0.15, -0.1) is 0 Å². The van der Waals surface area contributed by atoms with Crippen molar-refractivity contribution in [3.63, 3.8) is 0 Å². The third-order valence-electron chi connectivity index (χ3n) is 6.53. The van der Waals surface area contributed by atoms with Crippen LogP contribution in [0.2, 0.25) is 0 Å². The second-order valence-electron chi connectivity index (χ2n) is 8.80. The van der Waals surface area contributed by atoms with Crippen molar-refractivity contribution in [1.29, 1.82) is 0 Å². The van der Waals surface area contributed by atoms with Gasteiger partial charge in [0, 0.05) is 29.3 Å². The van der Waals surface area contributed by atoms with Crippen molar-refractivity contribution in [2.75, 3.05) is 20.6 Å². The number of nitrogens with zero attached hydrogens (tertiary/aromatic N) is 3. The number of ether oxygens (including phenoxy) is 1. The van der Waals surface area contributed by atoms with E-state index in [4.69, 9.17) is 4.98 Å². The van der Waals surface area contributed by atoms with E-state index >= 15 is 0 Å². The van der Waals surface area contributed by atoms with E-state index in [9.17, 15) is 24.6 Å². The molecule has 0 radical (unpaired) electrons. The third-order valence-corrected chi connectivity index (χ3v) is 6.53. The lowest BCUT2D eigenvalue weighted by Crippen LogP contribution is -2.47. The van der Waals surface area contributed by atoms with Gasteiger partial charge in [0.1, 0.15) is 5.56 Å². The third kappa shape index (κ3) is 2.82. The van der Waals surface area contributed by atoms with Crippen molar-refractivity contribution in [2.24, 2.45) is 0 Å². The van der Waals surface area contributed by atoms with Gasteiger partial charge in [-0.1, -0.05) is 13.0 Å². The highest BCUT2D eigenvalue weighted by Crippen LogP contribution is 2.33. The summed E-state index contributed by atoms with van der Waals surface area (Å²) in [6.45, 7) is 2.70. The van der Waals surface area contributed by atoms with Crippen molar-refractivity contribution < 1.29 is 24.5 Å². The summed E-state index contributed by atoms with van der Waals surface area (Å²) >= 11 is 0. The highest BCUT2D eigenvalue weighted by Gasteiger charge is 2.39. The van der Waals surface area contributed by atoms with Crippen LogP contribution in [0.3, 0.4) is 0 Å². The lowest BCUT2D eigenvalue weighted by Gasteiger charge is -2.33. The quantitative estimate of drug-likeness (QED) is 0.397. The van der Waals surface area contributed by atoms with Crippen molar-refractivity contribution >= 4 is 23.6 Å². The number of cyclic esters (lactones) is 2. The van der Waals surface area contributed by atoms with Crippen LogP contribution in [-0.4, -0.2) is 62.8 Å². The summed E-state index contributed by atoms with van der Waals surface area (Å²) in [6.07, 6.45) is 1.19. The fourth-order valence-electron chi connectivity index (χ4n) is 4.79. The molecule has 32 heavy (non-hydrogen) atoms. The number of fused-ring (bicyclic) bond motifs is 5. The highest BCUT2D eigenvalue weighted by molar-refractivity contribution is 6.03. The van der Waals surface area contributed by atoms with E-state index < -0.39 is 29.2 Å². The van der Waals surface area contributed by atoms with Crippen LogP contribution in [0, 0.1) is 0 Å². The van der Waals surface area contributed by atoms with Gasteiger partial charge in [-0.25, -0.2) is 14.6 Å². The Morgan fingerprint density at radius 2 is 2.03 bits per heavy atom. The van der Waals surface area contributed by atoms with Gasteiger partial charge >= 0.3 is 11.9 Å². The molecule has 2 aromatic rings. The standard InChI is InChI=1S/C23H23N3O6/c1-4-23(31)6-5-15-12(14(23)10-25(2)3)7-11-9-26-16(18(11)24-15)8-13-17(20(26)28)21(29)32-22(30)19(13)27/h5,7-8,19,27,31H,4,6,9-10H2,1-3H3/t19-,23?/m0/s1. The number of carbonyl (C=O) groups excluding carboxylic acids is 2. The van der Waals surface area contributed by atoms with Crippen molar-refractivity contribution in [3.05, 3.63) is 49.7 Å². The minimum absolute atomic E-state index is 0.0564. The van der Waals surface area contributed by atoms with Gasteiger partial charge in [0.05, 0.1) is 28.9 Å². The number of esters is 2. The van der Waals surface area contributed by atoms with Gasteiger partial charge in [-0.05, 0) is 38.2 Å². The molecule has 5 rings (SSSR count). The van der Waals surface area contributed by atoms with E-state index in [1.54, 1.807) is 0 Å². The number of pyridine rings is 2. The number of hydrogen-bond donors (Lipinski definition) is 2. The molecule has 0 aromatic carbocycles. The summed E-state index contributed by atoms with van der Waals surface area (Å²) in [5.74, 6) is -2.15. The topological polar surface area (TPSA) is 122 Å². The maximum absolute atomic E-state index is 13.1. The Morgan fingerprint density at radius 3 is 2.72 bits per heavy atom. The first kappa shape index (κ1) is 20.7. The molecule has 9 nitrogen and oxygen atoms in total. The Labute approximate surface area is 182 Å². The molecular weight excluding hydrogens is 414 g/mol. The van der Waals surface area contributed by atoms with Crippen LogP contribution < -0.4 is 16.1 Å². The minimum atomic E-state index is -1.70. The molecule has 0 fully saturated rings. The molecule has 4 heterocycles. The zero-order valence-corrected chi connectivity index (χ0v) is 18.0. The molecular formula is C23H23N3O6. The average Bonchev–Trinajstić information content (AvgIpc) is 3.10. The van der Waals surface area contributed by atoms with Crippen molar-refractivity contribution in [1.82, 2.24) is 14.5 Å². The van der Waals surface area contributed by atoms with Crippen LogP contribution in [0.5, 0.6) is 0 Å². The van der Waals surface area contributed by atoms with Gasteiger partial charge in [0.2, 0.25) is 0 Å². The summed E-state index contributed by atoms with van der Waals surface area (Å²) in [5.41, 5.74) is 0.660. The number of carbonyl (C=O) groups is 2. The fourth-order valence-corrected chi connectivity index (χ4v) is 4.79. The largest absolute Gasteiger partial charge is 0.387 e. The molecule has 2 N–H and O–H groups in total. The molecule has 0 amide bonds. The number of aliphatic hydroxyl groups is 2. The van der Waals surface area contributed by atoms with Crippen molar-refractivity contribution in [2.45, 2.75) is 38.0 Å². The maximum Gasteiger partial charge on any atom is 0.351 e. The molecule has 0 saturated carbocycles. The van der Waals surface area contributed by atoms with Gasteiger partial charge in [-0.2, -0.15) is 0 Å². The second kappa shape index (κ2) is 6.93. The van der Waals surface area contributed by atoms with Gasteiger partial charge in [0.25, 0.3) is 5.56 Å². The number of hydrogen-bond acceptors (Lipinski definition) is 8. The van der Waals surface area contributed by atoms with Gasteiger partial charge in [0.15, 0.2) is 6.10 Å². The summed E-state index contributed by atoms with van der Waals surface area (Å²) < 4.78 is 5.92. The van der Waals surface area contributed by atoms with E-state index in [1.807, 2.05) is 38.1 Å². The number of aromatic nitrogens is 2. The first-order valence-corrected chi connectivity index (χ1v) is 10.5. The Kier molecular flexibility index (Phi) is 4.49. The minimum Gasteiger partial charge on any atom is -0.387 e. The predicted molar refractivity (Wildman–Crippen MR) is 114 cm³/mol. The normalized spacial score (nSPS) is 23.3. The van der Waals surface area contributed by atoms with E-state index in [0.29, 0.717) is 36.1 Å². The molecule has 166 valence electrons. The van der Waals surface area contributed by atoms with E-state index in [2.05, 4.69) is 4.74 Å².